The highest BCUT2D eigenvalue weighted by atomic mass is 16.6. The van der Waals surface area contributed by atoms with Crippen LogP contribution in [0, 0.1) is 17.0 Å². The van der Waals surface area contributed by atoms with Gasteiger partial charge in [0.2, 0.25) is 0 Å². The van der Waals surface area contributed by atoms with Crippen molar-refractivity contribution in [2.45, 2.75) is 19.8 Å². The van der Waals surface area contributed by atoms with Gasteiger partial charge in [0.15, 0.2) is 6.61 Å². The number of nitrogens with one attached hydrogen (secondary N) is 1. The van der Waals surface area contributed by atoms with E-state index in [0.29, 0.717) is 17.7 Å². The lowest BCUT2D eigenvalue weighted by molar-refractivity contribution is -0.384. The van der Waals surface area contributed by atoms with E-state index in [1.54, 1.807) is 26.2 Å². The normalized spacial score (nSPS) is 10.1. The summed E-state index contributed by atoms with van der Waals surface area (Å²) < 4.78 is 10.0. The molecule has 0 spiro atoms. The Bertz CT molecular complexity index is 833. The molecular formula is C19H20N2O6. The Labute approximate surface area is 156 Å². The molecule has 0 unspecified atom stereocenters. The van der Waals surface area contributed by atoms with Crippen molar-refractivity contribution in [1.29, 1.82) is 0 Å². The zero-order valence-electron chi connectivity index (χ0n) is 15.1. The third-order valence-corrected chi connectivity index (χ3v) is 3.85. The first kappa shape index (κ1) is 19.9. The molecule has 8 nitrogen and oxygen atoms in total. The maximum atomic E-state index is 11.9. The van der Waals surface area contributed by atoms with Crippen LogP contribution in [0.1, 0.15) is 17.5 Å². The predicted octanol–water partition coefficient (Wildman–Crippen LogP) is 3.03. The van der Waals surface area contributed by atoms with Crippen molar-refractivity contribution in [3.05, 3.63) is 63.7 Å². The van der Waals surface area contributed by atoms with Gasteiger partial charge in [-0.25, -0.2) is 0 Å². The van der Waals surface area contributed by atoms with Crippen LogP contribution in [-0.2, 0) is 20.7 Å². The number of hydrogen-bond acceptors (Lipinski definition) is 6. The zero-order chi connectivity index (χ0) is 19.8. The predicted molar refractivity (Wildman–Crippen MR) is 98.7 cm³/mol. The molecule has 2 rings (SSSR count). The number of nitro groups is 1. The zero-order valence-corrected chi connectivity index (χ0v) is 15.1. The van der Waals surface area contributed by atoms with Gasteiger partial charge >= 0.3 is 5.97 Å². The van der Waals surface area contributed by atoms with Gasteiger partial charge in [0.25, 0.3) is 11.6 Å². The number of aryl methyl sites for hydroxylation is 2. The molecule has 2 aromatic carbocycles. The molecule has 0 aromatic heterocycles. The van der Waals surface area contributed by atoms with Crippen LogP contribution < -0.4 is 10.1 Å². The second-order valence-electron chi connectivity index (χ2n) is 5.81. The second kappa shape index (κ2) is 9.33. The van der Waals surface area contributed by atoms with Gasteiger partial charge in [-0.15, -0.1) is 0 Å². The average molecular weight is 372 g/mol. The summed E-state index contributed by atoms with van der Waals surface area (Å²) in [5.74, 6) is -0.331. The van der Waals surface area contributed by atoms with Gasteiger partial charge in [-0.3, -0.25) is 19.7 Å². The van der Waals surface area contributed by atoms with Gasteiger partial charge in [-0.1, -0.05) is 18.2 Å². The first-order valence-corrected chi connectivity index (χ1v) is 8.22. The van der Waals surface area contributed by atoms with Crippen molar-refractivity contribution in [3.8, 4) is 5.75 Å². The molecule has 1 N–H and O–H groups in total. The van der Waals surface area contributed by atoms with Crippen LogP contribution in [0.25, 0.3) is 0 Å². The Morgan fingerprint density at radius 3 is 2.48 bits per heavy atom. The van der Waals surface area contributed by atoms with Gasteiger partial charge in [-0.2, -0.15) is 0 Å². The Kier molecular flexibility index (Phi) is 6.87. The van der Waals surface area contributed by atoms with Crippen LogP contribution in [-0.4, -0.2) is 30.5 Å². The molecule has 0 aliphatic heterocycles. The highest BCUT2D eigenvalue weighted by Crippen LogP contribution is 2.21. The van der Waals surface area contributed by atoms with Crippen LogP contribution >= 0.6 is 0 Å². The number of nitro benzene ring substituents is 1. The fraction of sp³-hybridized carbons (Fsp3) is 0.263. The SMILES string of the molecule is COc1ccc(CCC(=O)OCC(=O)Nc2cc([N+](=O)[O-])ccc2C)cc1. The van der Waals surface area contributed by atoms with E-state index in [9.17, 15) is 19.7 Å². The summed E-state index contributed by atoms with van der Waals surface area (Å²) in [7, 11) is 1.58. The Morgan fingerprint density at radius 2 is 1.85 bits per heavy atom. The molecule has 0 aliphatic carbocycles. The van der Waals surface area contributed by atoms with E-state index in [0.717, 1.165) is 11.3 Å². The van der Waals surface area contributed by atoms with Crippen molar-refractivity contribution >= 4 is 23.3 Å². The van der Waals surface area contributed by atoms with E-state index in [2.05, 4.69) is 5.32 Å². The Morgan fingerprint density at radius 1 is 1.15 bits per heavy atom. The topological polar surface area (TPSA) is 108 Å². The Hall–Kier alpha value is -3.42. The van der Waals surface area contributed by atoms with Crippen molar-refractivity contribution in [3.63, 3.8) is 0 Å². The lowest BCUT2D eigenvalue weighted by Crippen LogP contribution is -2.21. The van der Waals surface area contributed by atoms with E-state index < -0.39 is 23.4 Å². The van der Waals surface area contributed by atoms with E-state index in [1.165, 1.54) is 18.2 Å². The summed E-state index contributed by atoms with van der Waals surface area (Å²) in [4.78, 5) is 34.0. The van der Waals surface area contributed by atoms with Crippen LogP contribution in [0.3, 0.4) is 0 Å². The molecule has 0 aliphatic rings. The minimum Gasteiger partial charge on any atom is -0.497 e. The summed E-state index contributed by atoms with van der Waals surface area (Å²) in [5, 5.41) is 13.3. The summed E-state index contributed by atoms with van der Waals surface area (Å²) in [6, 6.07) is 11.5. The quantitative estimate of drug-likeness (QED) is 0.433. The van der Waals surface area contributed by atoms with Gasteiger partial charge in [0.1, 0.15) is 5.75 Å². The van der Waals surface area contributed by atoms with Crippen molar-refractivity contribution in [2.75, 3.05) is 19.0 Å². The van der Waals surface area contributed by atoms with Gasteiger partial charge in [-0.05, 0) is 36.6 Å². The molecule has 0 atom stereocenters. The summed E-state index contributed by atoms with van der Waals surface area (Å²) in [6.07, 6.45) is 0.615. The van der Waals surface area contributed by atoms with E-state index >= 15 is 0 Å². The molecule has 0 radical (unpaired) electrons. The minimum absolute atomic E-state index is 0.132. The molecule has 0 fully saturated rings. The minimum atomic E-state index is -0.559. The molecule has 27 heavy (non-hydrogen) atoms. The third-order valence-electron chi connectivity index (χ3n) is 3.85. The monoisotopic (exact) mass is 372 g/mol. The first-order valence-electron chi connectivity index (χ1n) is 8.22. The number of benzene rings is 2. The van der Waals surface area contributed by atoms with Crippen LogP contribution in [0.4, 0.5) is 11.4 Å². The number of anilines is 1. The molecule has 0 heterocycles. The molecule has 0 saturated heterocycles. The van der Waals surface area contributed by atoms with Gasteiger partial charge < -0.3 is 14.8 Å². The highest BCUT2D eigenvalue weighted by Gasteiger charge is 2.13. The molecular weight excluding hydrogens is 352 g/mol. The maximum absolute atomic E-state index is 11.9. The highest BCUT2D eigenvalue weighted by molar-refractivity contribution is 5.93. The van der Waals surface area contributed by atoms with Crippen LogP contribution in [0.15, 0.2) is 42.5 Å². The van der Waals surface area contributed by atoms with Crippen LogP contribution in [0.5, 0.6) is 5.75 Å². The molecule has 8 heteroatoms. The fourth-order valence-electron chi connectivity index (χ4n) is 2.30. The second-order valence-corrected chi connectivity index (χ2v) is 5.81. The summed E-state index contributed by atoms with van der Waals surface area (Å²) in [6.45, 7) is 1.25. The van der Waals surface area contributed by atoms with Crippen molar-refractivity contribution < 1.29 is 24.0 Å². The number of rotatable bonds is 8. The number of methoxy groups -OCH3 is 1. The summed E-state index contributed by atoms with van der Waals surface area (Å²) in [5.41, 5.74) is 1.79. The number of esters is 1. The summed E-state index contributed by atoms with van der Waals surface area (Å²) >= 11 is 0. The molecule has 1 amide bonds. The number of non-ortho nitro benzene ring substituents is 1. The van der Waals surface area contributed by atoms with Crippen molar-refractivity contribution in [2.24, 2.45) is 0 Å². The largest absolute Gasteiger partial charge is 0.497 e. The lowest BCUT2D eigenvalue weighted by Gasteiger charge is -2.09. The number of ether oxygens (including phenoxy) is 2. The lowest BCUT2D eigenvalue weighted by atomic mass is 10.1. The van der Waals surface area contributed by atoms with E-state index in [-0.39, 0.29) is 12.1 Å². The van der Waals surface area contributed by atoms with Gasteiger partial charge in [0, 0.05) is 18.6 Å². The Balaban J connectivity index is 1.80. The molecule has 0 saturated carbocycles. The number of hydrogen-bond donors (Lipinski definition) is 1. The standard InChI is InChI=1S/C19H20N2O6/c1-13-3-7-15(21(24)25)11-17(13)20-18(22)12-27-19(23)10-6-14-4-8-16(26-2)9-5-14/h3-5,7-9,11H,6,10,12H2,1-2H3,(H,20,22). The van der Waals surface area contributed by atoms with E-state index in [1.807, 2.05) is 12.1 Å². The van der Waals surface area contributed by atoms with E-state index in [4.69, 9.17) is 9.47 Å². The number of carbonyl (C=O) groups excluding carboxylic acids is 2. The molecule has 142 valence electrons. The molecule has 0 bridgehead atoms. The van der Waals surface area contributed by atoms with Gasteiger partial charge in [0.05, 0.1) is 17.7 Å². The molecule has 2 aromatic rings. The maximum Gasteiger partial charge on any atom is 0.306 e. The van der Waals surface area contributed by atoms with Crippen molar-refractivity contribution in [1.82, 2.24) is 0 Å². The number of nitrogens with zero attached hydrogens (tertiary/aromatic N) is 1. The van der Waals surface area contributed by atoms with Crippen LogP contribution in [0.2, 0.25) is 0 Å². The third kappa shape index (κ3) is 6.10. The first-order chi connectivity index (χ1) is 12.9. The smallest absolute Gasteiger partial charge is 0.306 e. The number of amides is 1. The fourth-order valence-corrected chi connectivity index (χ4v) is 2.30. The number of carbonyl (C=O) groups is 2. The average Bonchev–Trinajstić information content (AvgIpc) is 2.66.